The van der Waals surface area contributed by atoms with Crippen molar-refractivity contribution >= 4 is 16.9 Å². The Labute approximate surface area is 94.7 Å². The minimum Gasteiger partial charge on any atom is -0.508 e. The van der Waals surface area contributed by atoms with Crippen LogP contribution in [0.15, 0.2) is 33.5 Å². The Bertz CT molecular complexity index is 627. The number of ether oxygens (including phenoxy) is 1. The summed E-state index contributed by atoms with van der Waals surface area (Å²) in [5, 5.41) is 18.2. The van der Waals surface area contributed by atoms with Gasteiger partial charge in [0.15, 0.2) is 0 Å². The quantitative estimate of drug-likeness (QED) is 0.578. The van der Waals surface area contributed by atoms with Crippen LogP contribution in [0, 0.1) is 0 Å². The molecule has 0 saturated heterocycles. The summed E-state index contributed by atoms with van der Waals surface area (Å²) in [6.07, 6.45) is 0. The lowest BCUT2D eigenvalue weighted by Gasteiger charge is -2.02. The lowest BCUT2D eigenvalue weighted by Crippen LogP contribution is -2.16. The Morgan fingerprint density at radius 1 is 1.35 bits per heavy atom. The summed E-state index contributed by atoms with van der Waals surface area (Å²) in [7, 11) is 0. The van der Waals surface area contributed by atoms with Crippen LogP contribution in [0.2, 0.25) is 0 Å². The third-order valence-electron chi connectivity index (χ3n) is 2.04. The maximum absolute atomic E-state index is 11.4. The van der Waals surface area contributed by atoms with Gasteiger partial charge in [-0.05, 0) is 18.2 Å². The number of fused-ring (bicyclic) bond motifs is 1. The van der Waals surface area contributed by atoms with Gasteiger partial charge in [0, 0.05) is 11.5 Å². The normalized spacial score (nSPS) is 10.4. The van der Waals surface area contributed by atoms with E-state index in [0.29, 0.717) is 5.39 Å². The SMILES string of the molecule is O=C(CO)Oc1cc2ccc(O)cc2oc1=O. The molecule has 0 unspecified atom stereocenters. The Morgan fingerprint density at radius 3 is 2.82 bits per heavy atom. The molecule has 2 N–H and O–H groups in total. The zero-order valence-electron chi connectivity index (χ0n) is 8.54. The third kappa shape index (κ3) is 2.26. The number of phenolic OH excluding ortho intramolecular Hbond substituents is 1. The van der Waals surface area contributed by atoms with E-state index in [1.807, 2.05) is 0 Å². The number of aliphatic hydroxyl groups excluding tert-OH is 1. The summed E-state index contributed by atoms with van der Waals surface area (Å²) in [4.78, 5) is 22.2. The molecule has 0 saturated carbocycles. The van der Waals surface area contributed by atoms with Crippen LogP contribution in [0.5, 0.6) is 11.5 Å². The molecule has 0 fully saturated rings. The van der Waals surface area contributed by atoms with E-state index in [-0.39, 0.29) is 17.1 Å². The van der Waals surface area contributed by atoms with Gasteiger partial charge in [0.25, 0.3) is 0 Å². The fraction of sp³-hybridized carbons (Fsp3) is 0.0909. The Morgan fingerprint density at radius 2 is 2.12 bits per heavy atom. The number of carbonyl (C=O) groups is 1. The molecule has 0 aliphatic carbocycles. The lowest BCUT2D eigenvalue weighted by atomic mass is 10.2. The van der Waals surface area contributed by atoms with Crippen LogP contribution < -0.4 is 10.4 Å². The molecule has 17 heavy (non-hydrogen) atoms. The van der Waals surface area contributed by atoms with Gasteiger partial charge in [0.2, 0.25) is 5.75 Å². The van der Waals surface area contributed by atoms with Crippen LogP contribution in [0.3, 0.4) is 0 Å². The number of aliphatic hydroxyl groups is 1. The van der Waals surface area contributed by atoms with Crippen molar-refractivity contribution in [2.45, 2.75) is 0 Å². The molecule has 1 aromatic heterocycles. The zero-order valence-corrected chi connectivity index (χ0v) is 8.54. The first-order valence-electron chi connectivity index (χ1n) is 4.68. The van der Waals surface area contributed by atoms with Crippen LogP contribution in [0.1, 0.15) is 0 Å². The Kier molecular flexibility index (Phi) is 2.80. The highest BCUT2D eigenvalue weighted by Gasteiger charge is 2.10. The number of phenols is 1. The Balaban J connectivity index is 2.52. The van der Waals surface area contributed by atoms with Crippen LogP contribution >= 0.6 is 0 Å². The molecular formula is C11H8O6. The van der Waals surface area contributed by atoms with Crippen molar-refractivity contribution in [2.75, 3.05) is 6.61 Å². The minimum atomic E-state index is -0.949. The van der Waals surface area contributed by atoms with Crippen LogP contribution in [-0.4, -0.2) is 22.8 Å². The summed E-state index contributed by atoms with van der Waals surface area (Å²) in [6.45, 7) is -0.826. The second-order valence-corrected chi connectivity index (χ2v) is 3.25. The number of aromatic hydroxyl groups is 1. The molecule has 0 bridgehead atoms. The highest BCUT2D eigenvalue weighted by atomic mass is 16.6. The number of hydrogen-bond donors (Lipinski definition) is 2. The summed E-state index contributed by atoms with van der Waals surface area (Å²) >= 11 is 0. The first kappa shape index (κ1) is 11.2. The molecule has 0 amide bonds. The molecule has 1 aromatic carbocycles. The number of benzene rings is 1. The van der Waals surface area contributed by atoms with Gasteiger partial charge in [-0.2, -0.15) is 0 Å². The van der Waals surface area contributed by atoms with Gasteiger partial charge in [-0.15, -0.1) is 0 Å². The predicted octanol–water partition coefficient (Wildman–Crippen LogP) is 0.396. The van der Waals surface area contributed by atoms with E-state index >= 15 is 0 Å². The lowest BCUT2D eigenvalue weighted by molar-refractivity contribution is -0.137. The van der Waals surface area contributed by atoms with E-state index in [2.05, 4.69) is 4.74 Å². The number of carbonyl (C=O) groups excluding carboxylic acids is 1. The van der Waals surface area contributed by atoms with Gasteiger partial charge in [0.05, 0.1) is 0 Å². The molecule has 0 aliphatic heterocycles. The molecule has 0 radical (unpaired) electrons. The van der Waals surface area contributed by atoms with E-state index in [1.165, 1.54) is 24.3 Å². The summed E-state index contributed by atoms with van der Waals surface area (Å²) in [5.41, 5.74) is -0.677. The first-order chi connectivity index (χ1) is 8.10. The average molecular weight is 236 g/mol. The first-order valence-corrected chi connectivity index (χ1v) is 4.68. The van der Waals surface area contributed by atoms with Crippen LogP contribution in [0.4, 0.5) is 0 Å². The molecule has 0 spiro atoms. The maximum atomic E-state index is 11.4. The molecule has 6 nitrogen and oxygen atoms in total. The zero-order chi connectivity index (χ0) is 12.4. The van der Waals surface area contributed by atoms with Crippen molar-refractivity contribution in [1.82, 2.24) is 0 Å². The van der Waals surface area contributed by atoms with E-state index < -0.39 is 18.2 Å². The van der Waals surface area contributed by atoms with Crippen LogP contribution in [-0.2, 0) is 4.79 Å². The van der Waals surface area contributed by atoms with Gasteiger partial charge in [-0.25, -0.2) is 9.59 Å². The van der Waals surface area contributed by atoms with Crippen molar-refractivity contribution in [2.24, 2.45) is 0 Å². The third-order valence-corrected chi connectivity index (χ3v) is 2.04. The number of rotatable bonds is 2. The predicted molar refractivity (Wildman–Crippen MR) is 56.9 cm³/mol. The highest BCUT2D eigenvalue weighted by Crippen LogP contribution is 2.21. The molecule has 88 valence electrons. The van der Waals surface area contributed by atoms with Gasteiger partial charge in [-0.3, -0.25) is 0 Å². The molecule has 1 heterocycles. The van der Waals surface area contributed by atoms with Gasteiger partial charge < -0.3 is 19.4 Å². The molecule has 2 rings (SSSR count). The molecule has 0 atom stereocenters. The molecule has 0 aliphatic rings. The summed E-state index contributed by atoms with van der Waals surface area (Å²) in [5.74, 6) is -1.29. The second-order valence-electron chi connectivity index (χ2n) is 3.25. The van der Waals surface area contributed by atoms with E-state index in [9.17, 15) is 14.7 Å². The van der Waals surface area contributed by atoms with Crippen LogP contribution in [0.25, 0.3) is 11.0 Å². The monoisotopic (exact) mass is 236 g/mol. The molecular weight excluding hydrogens is 228 g/mol. The van der Waals surface area contributed by atoms with Crippen molar-refractivity contribution < 1.29 is 24.2 Å². The highest BCUT2D eigenvalue weighted by molar-refractivity contribution is 5.80. The largest absolute Gasteiger partial charge is 0.508 e. The average Bonchev–Trinajstić information content (AvgIpc) is 2.30. The van der Waals surface area contributed by atoms with Gasteiger partial charge in [0.1, 0.15) is 17.9 Å². The Hall–Kier alpha value is -2.34. The topological polar surface area (TPSA) is 97.0 Å². The van der Waals surface area contributed by atoms with Gasteiger partial charge >= 0.3 is 11.6 Å². The fourth-order valence-electron chi connectivity index (χ4n) is 1.31. The van der Waals surface area contributed by atoms with Crippen molar-refractivity contribution in [3.05, 3.63) is 34.7 Å². The van der Waals surface area contributed by atoms with E-state index in [1.54, 1.807) is 0 Å². The smallest absolute Gasteiger partial charge is 0.379 e. The van der Waals surface area contributed by atoms with Gasteiger partial charge in [-0.1, -0.05) is 0 Å². The number of esters is 1. The molecule has 2 aromatic rings. The van der Waals surface area contributed by atoms with Crippen molar-refractivity contribution in [1.29, 1.82) is 0 Å². The van der Waals surface area contributed by atoms with E-state index in [0.717, 1.165) is 0 Å². The van der Waals surface area contributed by atoms with E-state index in [4.69, 9.17) is 9.52 Å². The summed E-state index contributed by atoms with van der Waals surface area (Å²) in [6, 6.07) is 5.48. The van der Waals surface area contributed by atoms with Crippen molar-refractivity contribution in [3.8, 4) is 11.5 Å². The second kappa shape index (κ2) is 4.26. The summed E-state index contributed by atoms with van der Waals surface area (Å²) < 4.78 is 9.42. The maximum Gasteiger partial charge on any atom is 0.379 e. The minimum absolute atomic E-state index is 0.0410. The standard InChI is InChI=1S/C11H8O6/c12-5-10(14)16-9-3-6-1-2-7(13)4-8(6)17-11(9)15/h1-4,12-13H,5H2. The number of hydrogen-bond acceptors (Lipinski definition) is 6. The fourth-order valence-corrected chi connectivity index (χ4v) is 1.31. The van der Waals surface area contributed by atoms with Crippen molar-refractivity contribution in [3.63, 3.8) is 0 Å². The molecule has 6 heteroatoms.